The normalized spacial score (nSPS) is 12.1. The molecule has 11 heteroatoms. The van der Waals surface area contributed by atoms with E-state index in [0.717, 1.165) is 20.1 Å². The highest BCUT2D eigenvalue weighted by Crippen LogP contribution is 2.20. The molecule has 0 atom stereocenters. The molecular weight excluding hydrogens is 486 g/mol. The number of hydrogen-bond donors (Lipinski definition) is 0. The van der Waals surface area contributed by atoms with Crippen molar-refractivity contribution in [3.8, 4) is 12.1 Å². The van der Waals surface area contributed by atoms with Crippen molar-refractivity contribution in [1.82, 2.24) is 8.87 Å². The molecule has 0 saturated heterocycles. The van der Waals surface area contributed by atoms with Gasteiger partial charge in [0.05, 0.1) is 33.9 Å². The lowest BCUT2D eigenvalue weighted by Crippen LogP contribution is -2.32. The smallest absolute Gasteiger partial charge is 0.279 e. The summed E-state index contributed by atoms with van der Waals surface area (Å²) >= 11 is 1.40. The minimum absolute atomic E-state index is 0.0105. The highest BCUT2D eigenvalue weighted by Gasteiger charge is 2.24. The Kier molecular flexibility index (Phi) is 8.90. The summed E-state index contributed by atoms with van der Waals surface area (Å²) in [7, 11) is -2.30. The molecule has 3 rings (SSSR count). The fourth-order valence-electron chi connectivity index (χ4n) is 3.44. The molecule has 0 saturated carbocycles. The Bertz CT molecular complexity index is 1440. The summed E-state index contributed by atoms with van der Waals surface area (Å²) in [4.78, 5) is 17.8. The molecule has 0 N–H and O–H groups in total. The molecule has 0 unspecified atom stereocenters. The molecule has 9 nitrogen and oxygen atoms in total. The van der Waals surface area contributed by atoms with E-state index in [4.69, 9.17) is 15.3 Å². The maximum atomic E-state index is 13.0. The van der Waals surface area contributed by atoms with Gasteiger partial charge in [-0.3, -0.25) is 4.79 Å². The third-order valence-electron chi connectivity index (χ3n) is 5.24. The van der Waals surface area contributed by atoms with E-state index in [1.165, 1.54) is 35.6 Å². The second kappa shape index (κ2) is 11.9. The number of aryl methyl sites for hydroxylation is 1. The molecule has 182 valence electrons. The molecule has 1 aromatic heterocycles. The van der Waals surface area contributed by atoms with Crippen LogP contribution >= 0.6 is 11.3 Å². The van der Waals surface area contributed by atoms with Gasteiger partial charge in [-0.1, -0.05) is 17.4 Å². The van der Waals surface area contributed by atoms with Gasteiger partial charge in [-0.2, -0.15) is 19.8 Å². The molecule has 2 aromatic carbocycles. The van der Waals surface area contributed by atoms with E-state index >= 15 is 0 Å². The summed E-state index contributed by atoms with van der Waals surface area (Å²) in [5.41, 5.74) is 2.31. The van der Waals surface area contributed by atoms with Gasteiger partial charge in [-0.05, 0) is 48.9 Å². The first-order valence-electron chi connectivity index (χ1n) is 10.8. The van der Waals surface area contributed by atoms with Crippen molar-refractivity contribution in [2.45, 2.75) is 31.2 Å². The summed E-state index contributed by atoms with van der Waals surface area (Å²) in [6.45, 7) is 2.97. The molecule has 3 aromatic rings. The second-order valence-electron chi connectivity index (χ2n) is 7.66. The zero-order valence-corrected chi connectivity index (χ0v) is 21.1. The number of carbonyl (C=O) groups is 1. The summed E-state index contributed by atoms with van der Waals surface area (Å²) in [6.07, 6.45) is 0.0236. The van der Waals surface area contributed by atoms with Crippen LogP contribution < -0.4 is 4.80 Å². The highest BCUT2D eigenvalue weighted by atomic mass is 32.2. The number of sulfonamides is 1. The molecule has 0 aliphatic heterocycles. The van der Waals surface area contributed by atoms with E-state index < -0.39 is 15.9 Å². The number of thiazole rings is 1. The number of aromatic nitrogens is 1. The molecular formula is C24H25N5O4S2. The van der Waals surface area contributed by atoms with Crippen LogP contribution in [0.4, 0.5) is 0 Å². The standard InChI is InChI=1S/C24H25N5O4S2/c1-18-5-10-21-22(17-18)34-24(29(21)15-16-33-2)27-23(30)19-6-8-20(9-7-19)35(31,32)28(13-3-11-25)14-4-12-26/h5-10,17H,3-4,13-16H2,1-2H3. The van der Waals surface area contributed by atoms with Crippen molar-refractivity contribution in [3.05, 3.63) is 58.4 Å². The van der Waals surface area contributed by atoms with Gasteiger partial charge in [0.15, 0.2) is 4.80 Å². The van der Waals surface area contributed by atoms with Crippen LogP contribution in [-0.4, -0.2) is 50.0 Å². The molecule has 0 fully saturated rings. The molecule has 0 bridgehead atoms. The van der Waals surface area contributed by atoms with Crippen LogP contribution in [0.5, 0.6) is 0 Å². The molecule has 0 aliphatic rings. The average Bonchev–Trinajstić information content (AvgIpc) is 3.18. The van der Waals surface area contributed by atoms with Gasteiger partial charge >= 0.3 is 0 Å². The summed E-state index contributed by atoms with van der Waals surface area (Å²) in [5.74, 6) is -0.491. The summed E-state index contributed by atoms with van der Waals surface area (Å²) in [5, 5.41) is 17.7. The average molecular weight is 512 g/mol. The molecule has 1 heterocycles. The van der Waals surface area contributed by atoms with Crippen LogP contribution in [-0.2, 0) is 21.3 Å². The predicted molar refractivity (Wildman–Crippen MR) is 132 cm³/mol. The minimum Gasteiger partial charge on any atom is -0.383 e. The van der Waals surface area contributed by atoms with Crippen molar-refractivity contribution < 1.29 is 17.9 Å². The number of nitriles is 2. The van der Waals surface area contributed by atoms with Gasteiger partial charge < -0.3 is 9.30 Å². The zero-order chi connectivity index (χ0) is 25.4. The first-order valence-corrected chi connectivity index (χ1v) is 13.1. The number of fused-ring (bicyclic) bond motifs is 1. The zero-order valence-electron chi connectivity index (χ0n) is 19.5. The van der Waals surface area contributed by atoms with Crippen LogP contribution in [0.25, 0.3) is 10.2 Å². The van der Waals surface area contributed by atoms with Gasteiger partial charge in [0.1, 0.15) is 0 Å². The predicted octanol–water partition coefficient (Wildman–Crippen LogP) is 3.22. The fourth-order valence-corrected chi connectivity index (χ4v) is 6.03. The lowest BCUT2D eigenvalue weighted by Gasteiger charge is -2.20. The number of amides is 1. The Balaban J connectivity index is 1.92. The number of methoxy groups -OCH3 is 1. The summed E-state index contributed by atoms with van der Waals surface area (Å²) in [6, 6.07) is 15.4. The molecule has 35 heavy (non-hydrogen) atoms. The first kappa shape index (κ1) is 26.3. The highest BCUT2D eigenvalue weighted by molar-refractivity contribution is 7.89. The van der Waals surface area contributed by atoms with E-state index in [0.29, 0.717) is 18.0 Å². The number of hydrogen-bond acceptors (Lipinski definition) is 7. The van der Waals surface area contributed by atoms with E-state index in [1.54, 1.807) is 7.11 Å². The third kappa shape index (κ3) is 6.21. The van der Waals surface area contributed by atoms with Crippen LogP contribution in [0.3, 0.4) is 0 Å². The van der Waals surface area contributed by atoms with Crippen LogP contribution in [0.15, 0.2) is 52.4 Å². The van der Waals surface area contributed by atoms with Gasteiger partial charge in [0.25, 0.3) is 5.91 Å². The van der Waals surface area contributed by atoms with Crippen molar-refractivity contribution in [1.29, 1.82) is 10.5 Å². The van der Waals surface area contributed by atoms with Gasteiger partial charge in [-0.25, -0.2) is 8.42 Å². The maximum absolute atomic E-state index is 13.0. The quantitative estimate of drug-likeness (QED) is 0.411. The van der Waals surface area contributed by atoms with Gasteiger partial charge in [0, 0.05) is 45.1 Å². The van der Waals surface area contributed by atoms with Crippen molar-refractivity contribution in [3.63, 3.8) is 0 Å². The SMILES string of the molecule is COCCn1c(=NC(=O)c2ccc(S(=O)(=O)N(CCC#N)CCC#N)cc2)sc2cc(C)ccc21. The first-order chi connectivity index (χ1) is 16.8. The van der Waals surface area contributed by atoms with Crippen LogP contribution in [0.1, 0.15) is 28.8 Å². The van der Waals surface area contributed by atoms with Crippen molar-refractivity contribution in [2.24, 2.45) is 4.99 Å². The Morgan fingerprint density at radius 2 is 1.77 bits per heavy atom. The monoisotopic (exact) mass is 511 g/mol. The largest absolute Gasteiger partial charge is 0.383 e. The van der Waals surface area contributed by atoms with Gasteiger partial charge in [0.2, 0.25) is 10.0 Å². The van der Waals surface area contributed by atoms with Gasteiger partial charge in [-0.15, -0.1) is 0 Å². The number of benzene rings is 2. The number of rotatable bonds is 10. The maximum Gasteiger partial charge on any atom is 0.279 e. The van der Waals surface area contributed by atoms with E-state index in [-0.39, 0.29) is 36.4 Å². The minimum atomic E-state index is -3.91. The van der Waals surface area contributed by atoms with Crippen LogP contribution in [0.2, 0.25) is 0 Å². The lowest BCUT2D eigenvalue weighted by atomic mass is 10.2. The Morgan fingerprint density at radius 3 is 2.37 bits per heavy atom. The Labute approximate surface area is 208 Å². The van der Waals surface area contributed by atoms with Crippen molar-refractivity contribution >= 4 is 37.5 Å². The molecule has 0 aliphatic carbocycles. The number of nitrogens with zero attached hydrogens (tertiary/aromatic N) is 5. The Morgan fingerprint density at radius 1 is 1.11 bits per heavy atom. The van der Waals surface area contributed by atoms with Crippen molar-refractivity contribution in [2.75, 3.05) is 26.8 Å². The third-order valence-corrected chi connectivity index (χ3v) is 8.19. The van der Waals surface area contributed by atoms with Crippen LogP contribution in [0, 0.1) is 29.6 Å². The molecule has 0 radical (unpaired) electrons. The lowest BCUT2D eigenvalue weighted by molar-refractivity contribution is 0.0997. The number of ether oxygens (including phenoxy) is 1. The van der Waals surface area contributed by atoms with E-state index in [1.807, 2.05) is 41.8 Å². The Hall–Kier alpha value is -3.35. The second-order valence-corrected chi connectivity index (χ2v) is 10.6. The number of carbonyl (C=O) groups excluding carboxylic acids is 1. The van der Waals surface area contributed by atoms with E-state index in [9.17, 15) is 13.2 Å². The summed E-state index contributed by atoms with van der Waals surface area (Å²) < 4.78 is 35.2. The molecule has 0 spiro atoms. The van der Waals surface area contributed by atoms with E-state index in [2.05, 4.69) is 4.99 Å². The topological polar surface area (TPSA) is 129 Å². The fraction of sp³-hybridized carbons (Fsp3) is 0.333. The molecule has 1 amide bonds.